The first-order chi connectivity index (χ1) is 9.39. The Morgan fingerprint density at radius 3 is 2.55 bits per heavy atom. The number of carbonyl (C=O) groups is 2. The Labute approximate surface area is 117 Å². The van der Waals surface area contributed by atoms with Gasteiger partial charge in [-0.25, -0.2) is 13.2 Å². The summed E-state index contributed by atoms with van der Waals surface area (Å²) in [5.41, 5.74) is 0. The molecule has 2 rings (SSSR count). The number of amides is 1. The molecule has 1 saturated heterocycles. The standard InChI is InChI=1S/C12H19NO6S/c14-11(6-19-7-12(15)16)13-4-1-5-20(17,18)8-10(13)9-2-3-9/h9-10H,1-8H2,(H,15,16). The Kier molecular flexibility index (Phi) is 4.64. The van der Waals surface area contributed by atoms with Crippen LogP contribution in [-0.4, -0.2) is 67.6 Å². The molecular weight excluding hydrogens is 286 g/mol. The van der Waals surface area contributed by atoms with Gasteiger partial charge in [0.15, 0.2) is 9.84 Å². The molecule has 2 fully saturated rings. The van der Waals surface area contributed by atoms with Crippen LogP contribution in [0.4, 0.5) is 0 Å². The topological polar surface area (TPSA) is 101 Å². The average Bonchev–Trinajstić information content (AvgIpc) is 3.14. The van der Waals surface area contributed by atoms with Gasteiger partial charge in [-0.2, -0.15) is 0 Å². The number of aliphatic carboxylic acids is 1. The zero-order chi connectivity index (χ0) is 14.8. The molecule has 7 nitrogen and oxygen atoms in total. The van der Waals surface area contributed by atoms with E-state index in [2.05, 4.69) is 0 Å². The van der Waals surface area contributed by atoms with Gasteiger partial charge in [0.2, 0.25) is 5.91 Å². The van der Waals surface area contributed by atoms with Crippen molar-refractivity contribution in [2.24, 2.45) is 5.92 Å². The maximum Gasteiger partial charge on any atom is 0.329 e. The molecule has 0 bridgehead atoms. The molecule has 1 heterocycles. The first kappa shape index (κ1) is 15.2. The van der Waals surface area contributed by atoms with E-state index in [-0.39, 0.29) is 36.0 Å². The molecule has 1 unspecified atom stereocenters. The summed E-state index contributed by atoms with van der Waals surface area (Å²) in [6.45, 7) is -0.433. The predicted octanol–water partition coefficient (Wildman–Crippen LogP) is -0.487. The summed E-state index contributed by atoms with van der Waals surface area (Å²) >= 11 is 0. The molecule has 1 aliphatic carbocycles. The number of hydrogen-bond donors (Lipinski definition) is 1. The summed E-state index contributed by atoms with van der Waals surface area (Å²) in [6.07, 6.45) is 2.32. The minimum atomic E-state index is -3.10. The zero-order valence-corrected chi connectivity index (χ0v) is 12.0. The molecule has 1 atom stereocenters. The van der Waals surface area contributed by atoms with E-state index in [0.29, 0.717) is 13.0 Å². The number of carboxylic acid groups (broad SMARTS) is 1. The van der Waals surface area contributed by atoms with Crippen molar-refractivity contribution in [2.45, 2.75) is 25.3 Å². The van der Waals surface area contributed by atoms with Gasteiger partial charge in [-0.05, 0) is 25.2 Å². The highest BCUT2D eigenvalue weighted by Gasteiger charge is 2.41. The molecule has 0 spiro atoms. The van der Waals surface area contributed by atoms with Gasteiger partial charge in [-0.3, -0.25) is 4.79 Å². The minimum Gasteiger partial charge on any atom is -0.480 e. The van der Waals surface area contributed by atoms with Crippen molar-refractivity contribution >= 4 is 21.7 Å². The quantitative estimate of drug-likeness (QED) is 0.736. The average molecular weight is 305 g/mol. The van der Waals surface area contributed by atoms with Gasteiger partial charge in [0.1, 0.15) is 13.2 Å². The van der Waals surface area contributed by atoms with Crippen LogP contribution >= 0.6 is 0 Å². The second-order valence-electron chi connectivity index (χ2n) is 5.35. The molecule has 1 N–H and O–H groups in total. The van der Waals surface area contributed by atoms with E-state index < -0.39 is 22.4 Å². The number of hydrogen-bond acceptors (Lipinski definition) is 5. The fourth-order valence-corrected chi connectivity index (χ4v) is 4.25. The third-order valence-corrected chi connectivity index (χ3v) is 5.38. The van der Waals surface area contributed by atoms with Gasteiger partial charge in [0, 0.05) is 12.6 Å². The molecule has 0 radical (unpaired) electrons. The van der Waals surface area contributed by atoms with Gasteiger partial charge in [0.25, 0.3) is 0 Å². The zero-order valence-electron chi connectivity index (χ0n) is 11.2. The first-order valence-corrected chi connectivity index (χ1v) is 8.50. The number of carboxylic acids is 1. The van der Waals surface area contributed by atoms with Crippen molar-refractivity contribution < 1.29 is 27.9 Å². The van der Waals surface area contributed by atoms with Gasteiger partial charge < -0.3 is 14.7 Å². The molecule has 0 aromatic rings. The van der Waals surface area contributed by atoms with Crippen molar-refractivity contribution in [1.82, 2.24) is 4.90 Å². The van der Waals surface area contributed by atoms with Crippen LogP contribution in [0.3, 0.4) is 0 Å². The highest BCUT2D eigenvalue weighted by molar-refractivity contribution is 7.91. The van der Waals surface area contributed by atoms with Crippen LogP contribution in [0, 0.1) is 5.92 Å². The van der Waals surface area contributed by atoms with E-state index in [1.54, 1.807) is 4.90 Å². The molecule has 0 aromatic heterocycles. The molecule has 1 saturated carbocycles. The van der Waals surface area contributed by atoms with Crippen molar-refractivity contribution in [3.05, 3.63) is 0 Å². The number of rotatable bonds is 5. The smallest absolute Gasteiger partial charge is 0.329 e. The van der Waals surface area contributed by atoms with Crippen LogP contribution in [0.25, 0.3) is 0 Å². The maximum atomic E-state index is 12.1. The third-order valence-electron chi connectivity index (χ3n) is 3.62. The number of sulfone groups is 1. The minimum absolute atomic E-state index is 0.0162. The highest BCUT2D eigenvalue weighted by Crippen LogP contribution is 2.37. The lowest BCUT2D eigenvalue weighted by Gasteiger charge is -2.29. The lowest BCUT2D eigenvalue weighted by Crippen LogP contribution is -2.45. The van der Waals surface area contributed by atoms with E-state index in [0.717, 1.165) is 12.8 Å². The summed E-state index contributed by atoms with van der Waals surface area (Å²) < 4.78 is 28.5. The predicted molar refractivity (Wildman–Crippen MR) is 70.0 cm³/mol. The highest BCUT2D eigenvalue weighted by atomic mass is 32.2. The summed E-state index contributed by atoms with van der Waals surface area (Å²) in [5, 5.41) is 8.47. The summed E-state index contributed by atoms with van der Waals surface area (Å²) in [4.78, 5) is 24.0. The first-order valence-electron chi connectivity index (χ1n) is 6.68. The van der Waals surface area contributed by atoms with Crippen LogP contribution in [-0.2, 0) is 24.2 Å². The van der Waals surface area contributed by atoms with E-state index in [1.807, 2.05) is 0 Å². The van der Waals surface area contributed by atoms with Crippen molar-refractivity contribution in [2.75, 3.05) is 31.3 Å². The second kappa shape index (κ2) is 6.09. The largest absolute Gasteiger partial charge is 0.480 e. The molecule has 8 heteroatoms. The fraction of sp³-hybridized carbons (Fsp3) is 0.833. The lowest BCUT2D eigenvalue weighted by molar-refractivity contribution is -0.146. The lowest BCUT2D eigenvalue weighted by atomic mass is 10.1. The van der Waals surface area contributed by atoms with Crippen molar-refractivity contribution in [1.29, 1.82) is 0 Å². The number of nitrogens with zero attached hydrogens (tertiary/aromatic N) is 1. The van der Waals surface area contributed by atoms with E-state index in [1.165, 1.54) is 0 Å². The van der Waals surface area contributed by atoms with Crippen molar-refractivity contribution in [3.63, 3.8) is 0 Å². The molecule has 2 aliphatic rings. The normalized spacial score (nSPS) is 26.0. The number of carbonyl (C=O) groups excluding carboxylic acids is 1. The van der Waals surface area contributed by atoms with E-state index in [9.17, 15) is 18.0 Å². The Balaban J connectivity index is 1.99. The summed E-state index contributed by atoms with van der Waals surface area (Å²) in [5.74, 6) is -1.07. The van der Waals surface area contributed by atoms with Crippen LogP contribution in [0.5, 0.6) is 0 Å². The van der Waals surface area contributed by atoms with E-state index >= 15 is 0 Å². The summed E-state index contributed by atoms with van der Waals surface area (Å²) in [7, 11) is -3.10. The third kappa shape index (κ3) is 4.17. The van der Waals surface area contributed by atoms with Gasteiger partial charge in [0.05, 0.1) is 11.5 Å². The molecule has 1 aliphatic heterocycles. The summed E-state index contributed by atoms with van der Waals surface area (Å²) in [6, 6.07) is -0.275. The van der Waals surface area contributed by atoms with Crippen LogP contribution < -0.4 is 0 Å². The van der Waals surface area contributed by atoms with Crippen LogP contribution in [0.2, 0.25) is 0 Å². The second-order valence-corrected chi connectivity index (χ2v) is 7.58. The monoisotopic (exact) mass is 305 g/mol. The Bertz CT molecular complexity index is 484. The molecule has 1 amide bonds. The molecule has 20 heavy (non-hydrogen) atoms. The van der Waals surface area contributed by atoms with Crippen LogP contribution in [0.1, 0.15) is 19.3 Å². The SMILES string of the molecule is O=C(O)COCC(=O)N1CCCS(=O)(=O)CC1C1CC1. The Morgan fingerprint density at radius 2 is 1.95 bits per heavy atom. The molecular formula is C12H19NO6S. The van der Waals surface area contributed by atoms with Gasteiger partial charge >= 0.3 is 5.97 Å². The molecule has 114 valence electrons. The van der Waals surface area contributed by atoms with E-state index in [4.69, 9.17) is 9.84 Å². The van der Waals surface area contributed by atoms with Crippen LogP contribution in [0.15, 0.2) is 0 Å². The Hall–Kier alpha value is -1.15. The number of ether oxygens (including phenoxy) is 1. The fourth-order valence-electron chi connectivity index (χ4n) is 2.54. The van der Waals surface area contributed by atoms with Crippen molar-refractivity contribution in [3.8, 4) is 0 Å². The van der Waals surface area contributed by atoms with Gasteiger partial charge in [-0.15, -0.1) is 0 Å². The van der Waals surface area contributed by atoms with Gasteiger partial charge in [-0.1, -0.05) is 0 Å². The maximum absolute atomic E-state index is 12.1. The molecule has 0 aromatic carbocycles. The Morgan fingerprint density at radius 1 is 1.25 bits per heavy atom.